The molecule has 0 amide bonds. The predicted octanol–water partition coefficient (Wildman–Crippen LogP) is 2.93. The number of carboxylic acid groups (broad SMARTS) is 1. The summed E-state index contributed by atoms with van der Waals surface area (Å²) in [6.07, 6.45) is 3.48. The zero-order chi connectivity index (χ0) is 15.0. The number of nitrogens with zero attached hydrogens (tertiary/aromatic N) is 1. The molecule has 0 spiro atoms. The summed E-state index contributed by atoms with van der Waals surface area (Å²) in [4.78, 5) is 13.8. The highest BCUT2D eigenvalue weighted by Crippen LogP contribution is 2.45. The van der Waals surface area contributed by atoms with Crippen molar-refractivity contribution in [3.8, 4) is 5.75 Å². The number of carbonyl (C=O) groups is 1. The second kappa shape index (κ2) is 5.50. The molecule has 0 radical (unpaired) electrons. The summed E-state index contributed by atoms with van der Waals surface area (Å²) < 4.78 is 5.94. The molecular weight excluding hydrogens is 290 g/mol. The van der Waals surface area contributed by atoms with Crippen LogP contribution >= 0.6 is 11.6 Å². The van der Waals surface area contributed by atoms with E-state index >= 15 is 0 Å². The van der Waals surface area contributed by atoms with Crippen molar-refractivity contribution in [3.05, 3.63) is 28.8 Å². The maximum atomic E-state index is 11.5. The van der Waals surface area contributed by atoms with Crippen LogP contribution in [0.4, 0.5) is 0 Å². The summed E-state index contributed by atoms with van der Waals surface area (Å²) in [5.41, 5.74) is 0.0533. The minimum Gasteiger partial charge on any atom is -0.487 e. The van der Waals surface area contributed by atoms with E-state index in [2.05, 4.69) is 11.9 Å². The molecule has 1 heterocycles. The van der Waals surface area contributed by atoms with Gasteiger partial charge >= 0.3 is 5.97 Å². The molecule has 3 rings (SSSR count). The molecule has 1 atom stereocenters. The average molecular weight is 310 g/mol. The molecule has 1 N–H and O–H groups in total. The quantitative estimate of drug-likeness (QED) is 0.929. The van der Waals surface area contributed by atoms with Crippen LogP contribution in [0.25, 0.3) is 0 Å². The average Bonchev–Trinajstić information content (AvgIpc) is 2.76. The number of hydrogen-bond acceptors (Lipinski definition) is 3. The van der Waals surface area contributed by atoms with Gasteiger partial charge in [-0.1, -0.05) is 24.1 Å². The van der Waals surface area contributed by atoms with E-state index < -0.39 is 11.4 Å². The van der Waals surface area contributed by atoms with E-state index in [0.29, 0.717) is 23.6 Å². The number of benzene rings is 1. The van der Waals surface area contributed by atoms with Gasteiger partial charge in [-0.2, -0.15) is 0 Å². The van der Waals surface area contributed by atoms with Crippen LogP contribution in [0.5, 0.6) is 5.75 Å². The molecule has 1 aliphatic carbocycles. The third-order valence-corrected chi connectivity index (χ3v) is 5.04. The van der Waals surface area contributed by atoms with Gasteiger partial charge in [-0.15, -0.1) is 0 Å². The van der Waals surface area contributed by atoms with Crippen LogP contribution in [-0.4, -0.2) is 42.2 Å². The fourth-order valence-electron chi connectivity index (χ4n) is 3.22. The molecular formula is C16H20ClNO3. The van der Waals surface area contributed by atoms with Crippen LogP contribution in [0.1, 0.15) is 31.2 Å². The molecule has 0 bridgehead atoms. The molecule has 1 aliphatic heterocycles. The van der Waals surface area contributed by atoms with E-state index in [4.69, 9.17) is 16.3 Å². The van der Waals surface area contributed by atoms with Gasteiger partial charge in [0.2, 0.25) is 0 Å². The number of ether oxygens (including phenoxy) is 1. The first-order chi connectivity index (χ1) is 10.0. The Bertz CT molecular complexity index is 556. The van der Waals surface area contributed by atoms with Crippen molar-refractivity contribution in [2.75, 3.05) is 20.1 Å². The largest absolute Gasteiger partial charge is 0.487 e. The monoisotopic (exact) mass is 309 g/mol. The summed E-state index contributed by atoms with van der Waals surface area (Å²) in [7, 11) is 2.07. The van der Waals surface area contributed by atoms with Gasteiger partial charge in [0.1, 0.15) is 11.9 Å². The highest BCUT2D eigenvalue weighted by molar-refractivity contribution is 6.32. The van der Waals surface area contributed by atoms with Crippen LogP contribution < -0.4 is 4.74 Å². The van der Waals surface area contributed by atoms with Crippen LogP contribution in [0, 0.1) is 0 Å². The number of likely N-dealkylation sites (tertiary alicyclic amines) is 1. The molecule has 0 aromatic heterocycles. The highest BCUT2D eigenvalue weighted by Gasteiger charge is 2.46. The van der Waals surface area contributed by atoms with Crippen molar-refractivity contribution in [1.29, 1.82) is 0 Å². The first-order valence-corrected chi connectivity index (χ1v) is 7.78. The van der Waals surface area contributed by atoms with Crippen molar-refractivity contribution in [1.82, 2.24) is 4.90 Å². The Hall–Kier alpha value is -1.26. The van der Waals surface area contributed by atoms with E-state index in [9.17, 15) is 9.90 Å². The Balaban J connectivity index is 1.78. The lowest BCUT2D eigenvalue weighted by Crippen LogP contribution is -2.42. The second-order valence-corrected chi connectivity index (χ2v) is 6.58. The van der Waals surface area contributed by atoms with Gasteiger partial charge in [0.25, 0.3) is 0 Å². The standard InChI is InChI=1S/C16H20ClNO3/c1-18-8-5-12(10-18)21-14-4-3-11(9-13(14)17)16(15(19)20)6-2-7-16/h3-4,9,12H,2,5-8,10H2,1H3,(H,19,20). The summed E-state index contributed by atoms with van der Waals surface area (Å²) in [5.74, 6) is -0.100. The zero-order valence-electron chi connectivity index (χ0n) is 12.1. The molecule has 1 unspecified atom stereocenters. The molecule has 1 saturated carbocycles. The van der Waals surface area contributed by atoms with E-state index in [1.54, 1.807) is 6.07 Å². The molecule has 5 heteroatoms. The third kappa shape index (κ3) is 2.62. The summed E-state index contributed by atoms with van der Waals surface area (Å²) >= 11 is 6.30. The number of rotatable bonds is 4. The molecule has 1 aromatic rings. The Labute approximate surface area is 129 Å². The van der Waals surface area contributed by atoms with Crippen molar-refractivity contribution < 1.29 is 14.6 Å². The maximum Gasteiger partial charge on any atom is 0.314 e. The smallest absolute Gasteiger partial charge is 0.314 e. The molecule has 1 saturated heterocycles. The van der Waals surface area contributed by atoms with E-state index in [1.807, 2.05) is 12.1 Å². The number of carboxylic acids is 1. The number of aliphatic carboxylic acids is 1. The normalized spacial score (nSPS) is 24.6. The first-order valence-electron chi connectivity index (χ1n) is 7.40. The van der Waals surface area contributed by atoms with Crippen molar-refractivity contribution in [2.45, 2.75) is 37.2 Å². The number of hydrogen-bond donors (Lipinski definition) is 1. The molecule has 4 nitrogen and oxygen atoms in total. The van der Waals surface area contributed by atoms with E-state index in [1.165, 1.54) is 0 Å². The maximum absolute atomic E-state index is 11.5. The molecule has 21 heavy (non-hydrogen) atoms. The highest BCUT2D eigenvalue weighted by atomic mass is 35.5. The van der Waals surface area contributed by atoms with Crippen molar-refractivity contribution in [2.24, 2.45) is 0 Å². The van der Waals surface area contributed by atoms with Crippen molar-refractivity contribution >= 4 is 17.6 Å². The number of likely N-dealkylation sites (N-methyl/N-ethyl adjacent to an activating group) is 1. The van der Waals surface area contributed by atoms with Gasteiger partial charge in [-0.05, 0) is 44.0 Å². The Morgan fingerprint density at radius 3 is 2.71 bits per heavy atom. The van der Waals surface area contributed by atoms with E-state index in [0.717, 1.165) is 31.5 Å². The van der Waals surface area contributed by atoms with Crippen LogP contribution in [0.2, 0.25) is 5.02 Å². The zero-order valence-corrected chi connectivity index (χ0v) is 12.9. The number of halogens is 1. The molecule has 114 valence electrons. The van der Waals surface area contributed by atoms with Crippen LogP contribution in [0.3, 0.4) is 0 Å². The molecule has 2 aliphatic rings. The fraction of sp³-hybridized carbons (Fsp3) is 0.562. The van der Waals surface area contributed by atoms with Crippen LogP contribution in [-0.2, 0) is 10.2 Å². The minimum atomic E-state index is -0.754. The fourth-order valence-corrected chi connectivity index (χ4v) is 3.45. The molecule has 2 fully saturated rings. The van der Waals surface area contributed by atoms with Gasteiger partial charge in [0.15, 0.2) is 0 Å². The van der Waals surface area contributed by atoms with Gasteiger partial charge in [-0.3, -0.25) is 4.79 Å². The SMILES string of the molecule is CN1CCC(Oc2ccc(C3(C(=O)O)CCC3)cc2Cl)C1. The van der Waals surface area contributed by atoms with Gasteiger partial charge in [0, 0.05) is 13.1 Å². The van der Waals surface area contributed by atoms with Gasteiger partial charge in [0.05, 0.1) is 10.4 Å². The van der Waals surface area contributed by atoms with E-state index in [-0.39, 0.29) is 6.10 Å². The van der Waals surface area contributed by atoms with Gasteiger partial charge in [-0.25, -0.2) is 0 Å². The Morgan fingerprint density at radius 1 is 1.48 bits per heavy atom. The summed E-state index contributed by atoms with van der Waals surface area (Å²) in [6.45, 7) is 1.93. The Morgan fingerprint density at radius 2 is 2.24 bits per heavy atom. The molecule has 1 aromatic carbocycles. The summed E-state index contributed by atoms with van der Waals surface area (Å²) in [6, 6.07) is 5.44. The lowest BCUT2D eigenvalue weighted by atomic mass is 9.64. The minimum absolute atomic E-state index is 0.162. The predicted molar refractivity (Wildman–Crippen MR) is 81.1 cm³/mol. The lowest BCUT2D eigenvalue weighted by Gasteiger charge is -2.38. The topological polar surface area (TPSA) is 49.8 Å². The van der Waals surface area contributed by atoms with Gasteiger partial charge < -0.3 is 14.7 Å². The lowest BCUT2D eigenvalue weighted by molar-refractivity contribution is -0.147. The first kappa shape index (κ1) is 14.7. The Kier molecular flexibility index (Phi) is 3.84. The second-order valence-electron chi connectivity index (χ2n) is 6.18. The van der Waals surface area contributed by atoms with Crippen molar-refractivity contribution in [3.63, 3.8) is 0 Å². The summed E-state index contributed by atoms with van der Waals surface area (Å²) in [5, 5.41) is 9.99. The third-order valence-electron chi connectivity index (χ3n) is 4.74. The van der Waals surface area contributed by atoms with Crippen LogP contribution in [0.15, 0.2) is 18.2 Å².